The van der Waals surface area contributed by atoms with E-state index in [4.69, 9.17) is 4.74 Å². The molecular weight excluding hydrogens is 487 g/mol. The molecule has 3 aromatic rings. The van der Waals surface area contributed by atoms with Crippen molar-refractivity contribution in [3.8, 4) is 11.8 Å². The van der Waals surface area contributed by atoms with Gasteiger partial charge in [0, 0.05) is 5.69 Å². The summed E-state index contributed by atoms with van der Waals surface area (Å²) in [7, 11) is 0. The predicted octanol–water partition coefficient (Wildman–Crippen LogP) is 5.98. The summed E-state index contributed by atoms with van der Waals surface area (Å²) >= 11 is 2.19. The average molecular weight is 508 g/mol. The fourth-order valence-electron chi connectivity index (χ4n) is 2.80. The minimum Gasteiger partial charge on any atom is -0.488 e. The summed E-state index contributed by atoms with van der Waals surface area (Å²) < 4.78 is 6.79. The number of anilines is 1. The normalized spacial score (nSPS) is 10.9. The van der Waals surface area contributed by atoms with Crippen molar-refractivity contribution in [3.05, 3.63) is 98.6 Å². The zero-order valence-corrected chi connectivity index (χ0v) is 18.7. The highest BCUT2D eigenvalue weighted by Crippen LogP contribution is 2.24. The highest BCUT2D eigenvalue weighted by molar-refractivity contribution is 14.1. The molecule has 0 spiro atoms. The standard InChI is InChI=1S/C25H21IN2O2/c1-2-18-8-11-22(12-9-18)28-25(29)21(16-27)14-20-10-13-24(23(26)15-20)30-17-19-6-4-3-5-7-19/h3-15H,2,17H2,1H3,(H,28,29)/b21-14+. The summed E-state index contributed by atoms with van der Waals surface area (Å²) in [6.07, 6.45) is 2.51. The van der Waals surface area contributed by atoms with Crippen LogP contribution in [0.5, 0.6) is 5.75 Å². The second-order valence-electron chi connectivity index (χ2n) is 6.64. The maximum atomic E-state index is 12.5. The van der Waals surface area contributed by atoms with Crippen molar-refractivity contribution >= 4 is 40.3 Å². The number of carbonyl (C=O) groups is 1. The molecule has 0 heterocycles. The van der Waals surface area contributed by atoms with Crippen LogP contribution >= 0.6 is 22.6 Å². The lowest BCUT2D eigenvalue weighted by molar-refractivity contribution is -0.112. The predicted molar refractivity (Wildman–Crippen MR) is 128 cm³/mol. The largest absolute Gasteiger partial charge is 0.488 e. The van der Waals surface area contributed by atoms with Gasteiger partial charge in [0.05, 0.1) is 3.57 Å². The number of rotatable bonds is 7. The van der Waals surface area contributed by atoms with Crippen molar-refractivity contribution in [3.63, 3.8) is 0 Å². The maximum Gasteiger partial charge on any atom is 0.266 e. The van der Waals surface area contributed by atoms with Crippen LogP contribution < -0.4 is 10.1 Å². The van der Waals surface area contributed by atoms with Crippen molar-refractivity contribution in [2.45, 2.75) is 20.0 Å². The molecule has 0 saturated carbocycles. The average Bonchev–Trinajstić information content (AvgIpc) is 2.78. The van der Waals surface area contributed by atoms with Crippen LogP contribution in [-0.2, 0) is 17.8 Å². The summed E-state index contributed by atoms with van der Waals surface area (Å²) in [4.78, 5) is 12.5. The third kappa shape index (κ3) is 5.94. The Morgan fingerprint density at radius 3 is 2.43 bits per heavy atom. The molecule has 3 aromatic carbocycles. The van der Waals surface area contributed by atoms with Gasteiger partial charge in [-0.25, -0.2) is 0 Å². The lowest BCUT2D eigenvalue weighted by atomic mass is 10.1. The van der Waals surface area contributed by atoms with Gasteiger partial charge in [-0.2, -0.15) is 5.26 Å². The second kappa shape index (κ2) is 10.6. The second-order valence-corrected chi connectivity index (χ2v) is 7.80. The smallest absolute Gasteiger partial charge is 0.266 e. The Balaban J connectivity index is 1.69. The van der Waals surface area contributed by atoms with E-state index in [2.05, 4.69) is 34.8 Å². The van der Waals surface area contributed by atoms with E-state index in [-0.39, 0.29) is 5.57 Å². The summed E-state index contributed by atoms with van der Waals surface area (Å²) in [5.41, 5.74) is 3.75. The highest BCUT2D eigenvalue weighted by atomic mass is 127. The van der Waals surface area contributed by atoms with E-state index in [1.54, 1.807) is 6.08 Å². The minimum atomic E-state index is -0.429. The fraction of sp³-hybridized carbons (Fsp3) is 0.120. The SMILES string of the molecule is CCc1ccc(NC(=O)/C(C#N)=C/c2ccc(OCc3ccccc3)c(I)c2)cc1. The Hall–Kier alpha value is -3.11. The Bertz CT molecular complexity index is 1080. The summed E-state index contributed by atoms with van der Waals surface area (Å²) in [5.74, 6) is 0.330. The zero-order valence-electron chi connectivity index (χ0n) is 16.6. The third-order valence-electron chi connectivity index (χ3n) is 4.49. The molecule has 0 aliphatic heterocycles. The Morgan fingerprint density at radius 2 is 1.80 bits per heavy atom. The van der Waals surface area contributed by atoms with Crippen LogP contribution in [0.3, 0.4) is 0 Å². The van der Waals surface area contributed by atoms with Gasteiger partial charge in [-0.1, -0.05) is 55.5 Å². The van der Waals surface area contributed by atoms with Crippen molar-refractivity contribution in [2.24, 2.45) is 0 Å². The van der Waals surface area contributed by atoms with E-state index in [9.17, 15) is 10.1 Å². The number of ether oxygens (including phenoxy) is 1. The Morgan fingerprint density at radius 1 is 1.07 bits per heavy atom. The number of hydrogen-bond acceptors (Lipinski definition) is 3. The third-order valence-corrected chi connectivity index (χ3v) is 5.33. The van der Waals surface area contributed by atoms with E-state index in [1.807, 2.05) is 78.9 Å². The van der Waals surface area contributed by atoms with Crippen molar-refractivity contribution in [2.75, 3.05) is 5.32 Å². The number of hydrogen-bond donors (Lipinski definition) is 1. The van der Waals surface area contributed by atoms with Gasteiger partial charge in [0.15, 0.2) is 0 Å². The summed E-state index contributed by atoms with van der Waals surface area (Å²) in [6, 6.07) is 25.1. The first kappa shape index (κ1) is 21.6. The molecule has 30 heavy (non-hydrogen) atoms. The topological polar surface area (TPSA) is 62.1 Å². The highest BCUT2D eigenvalue weighted by Gasteiger charge is 2.10. The molecule has 0 fully saturated rings. The molecular formula is C25H21IN2O2. The van der Waals surface area contributed by atoms with Crippen LogP contribution in [0.1, 0.15) is 23.6 Å². The lowest BCUT2D eigenvalue weighted by Gasteiger charge is -2.09. The zero-order chi connectivity index (χ0) is 21.3. The lowest BCUT2D eigenvalue weighted by Crippen LogP contribution is -2.13. The first-order valence-corrected chi connectivity index (χ1v) is 10.6. The van der Waals surface area contributed by atoms with Gasteiger partial charge in [-0.3, -0.25) is 4.79 Å². The van der Waals surface area contributed by atoms with Crippen molar-refractivity contribution in [1.82, 2.24) is 0 Å². The van der Waals surface area contributed by atoms with Gasteiger partial charge in [0.25, 0.3) is 5.91 Å². The molecule has 5 heteroatoms. The molecule has 4 nitrogen and oxygen atoms in total. The Kier molecular flexibility index (Phi) is 7.63. The number of amides is 1. The number of carbonyl (C=O) groups excluding carboxylic acids is 1. The molecule has 1 amide bonds. The molecule has 150 valence electrons. The van der Waals surface area contributed by atoms with Gasteiger partial charge >= 0.3 is 0 Å². The van der Waals surface area contributed by atoms with Crippen LogP contribution in [0, 0.1) is 14.9 Å². The van der Waals surface area contributed by atoms with E-state index >= 15 is 0 Å². The number of nitrogens with one attached hydrogen (secondary N) is 1. The minimum absolute atomic E-state index is 0.0447. The van der Waals surface area contributed by atoms with Crippen molar-refractivity contribution < 1.29 is 9.53 Å². The molecule has 0 unspecified atom stereocenters. The van der Waals surface area contributed by atoms with Gasteiger partial charge in [0.1, 0.15) is 24.0 Å². The fourth-order valence-corrected chi connectivity index (χ4v) is 3.49. The molecule has 3 rings (SSSR count). The van der Waals surface area contributed by atoms with Crippen LogP contribution in [0.25, 0.3) is 6.08 Å². The molecule has 0 aliphatic rings. The number of benzene rings is 3. The van der Waals surface area contributed by atoms with Crippen LogP contribution in [-0.4, -0.2) is 5.91 Å². The molecule has 0 aliphatic carbocycles. The summed E-state index contributed by atoms with van der Waals surface area (Å²) in [6.45, 7) is 2.55. The monoisotopic (exact) mass is 508 g/mol. The number of nitriles is 1. The molecule has 0 saturated heterocycles. The van der Waals surface area contributed by atoms with Gasteiger partial charge in [-0.05, 0) is 76.0 Å². The number of nitrogens with zero attached hydrogens (tertiary/aromatic N) is 1. The summed E-state index contributed by atoms with van der Waals surface area (Å²) in [5, 5.41) is 12.2. The number of halogens is 1. The first-order valence-electron chi connectivity index (χ1n) is 9.57. The molecule has 0 radical (unpaired) electrons. The van der Waals surface area contributed by atoms with E-state index < -0.39 is 5.91 Å². The van der Waals surface area contributed by atoms with E-state index in [0.29, 0.717) is 12.3 Å². The van der Waals surface area contributed by atoms with Crippen LogP contribution in [0.2, 0.25) is 0 Å². The van der Waals surface area contributed by atoms with E-state index in [0.717, 1.165) is 26.9 Å². The van der Waals surface area contributed by atoms with Crippen LogP contribution in [0.4, 0.5) is 5.69 Å². The van der Waals surface area contributed by atoms with Gasteiger partial charge < -0.3 is 10.1 Å². The number of aryl methyl sites for hydroxylation is 1. The van der Waals surface area contributed by atoms with Crippen LogP contribution in [0.15, 0.2) is 78.4 Å². The molecule has 0 atom stereocenters. The van der Waals surface area contributed by atoms with Gasteiger partial charge in [0.2, 0.25) is 0 Å². The molecule has 0 aromatic heterocycles. The first-order chi connectivity index (χ1) is 14.6. The maximum absolute atomic E-state index is 12.5. The Labute approximate surface area is 190 Å². The van der Waals surface area contributed by atoms with E-state index in [1.165, 1.54) is 5.56 Å². The quantitative estimate of drug-likeness (QED) is 0.243. The molecule has 0 bridgehead atoms. The van der Waals surface area contributed by atoms with Crippen molar-refractivity contribution in [1.29, 1.82) is 5.26 Å². The van der Waals surface area contributed by atoms with Gasteiger partial charge in [-0.15, -0.1) is 0 Å². The molecule has 1 N–H and O–H groups in total.